The van der Waals surface area contributed by atoms with Crippen molar-refractivity contribution in [3.63, 3.8) is 0 Å². The SMILES string of the molecule is CCN(CC(C)(C)O)C(=O)c1cn(C)nc1-c1ccc(F)cc1F. The molecule has 1 aromatic heterocycles. The summed E-state index contributed by atoms with van der Waals surface area (Å²) in [6.07, 6.45) is 1.49. The van der Waals surface area contributed by atoms with Gasteiger partial charge in [-0.05, 0) is 32.9 Å². The smallest absolute Gasteiger partial charge is 0.257 e. The predicted octanol–water partition coefficient (Wildman–Crippen LogP) is 2.60. The van der Waals surface area contributed by atoms with Crippen LogP contribution in [0.3, 0.4) is 0 Å². The van der Waals surface area contributed by atoms with Crippen LogP contribution in [0.2, 0.25) is 0 Å². The monoisotopic (exact) mass is 337 g/mol. The summed E-state index contributed by atoms with van der Waals surface area (Å²) in [4.78, 5) is 14.3. The van der Waals surface area contributed by atoms with E-state index in [9.17, 15) is 18.7 Å². The molecule has 0 fully saturated rings. The number of benzene rings is 1. The first-order chi connectivity index (χ1) is 11.1. The van der Waals surface area contributed by atoms with Crippen molar-refractivity contribution in [1.29, 1.82) is 0 Å². The Morgan fingerprint density at radius 1 is 1.38 bits per heavy atom. The zero-order valence-corrected chi connectivity index (χ0v) is 14.2. The minimum Gasteiger partial charge on any atom is -0.389 e. The Morgan fingerprint density at radius 2 is 2.04 bits per heavy atom. The molecule has 0 saturated heterocycles. The summed E-state index contributed by atoms with van der Waals surface area (Å²) in [5.41, 5.74) is -0.655. The lowest BCUT2D eigenvalue weighted by Gasteiger charge is -2.28. The highest BCUT2D eigenvalue weighted by molar-refractivity contribution is 5.99. The standard InChI is InChI=1S/C17H21F2N3O2/c1-5-22(10-17(2,3)24)16(23)13-9-21(4)20-15(13)12-7-6-11(18)8-14(12)19/h6-9,24H,5,10H2,1-4H3. The average Bonchev–Trinajstić information content (AvgIpc) is 2.84. The molecular formula is C17H21F2N3O2. The zero-order chi connectivity index (χ0) is 18.1. The van der Waals surface area contributed by atoms with E-state index in [1.165, 1.54) is 21.8 Å². The van der Waals surface area contributed by atoms with E-state index in [0.29, 0.717) is 6.54 Å². The summed E-state index contributed by atoms with van der Waals surface area (Å²) < 4.78 is 28.6. The van der Waals surface area contributed by atoms with E-state index in [4.69, 9.17) is 0 Å². The molecule has 0 aliphatic carbocycles. The third-order valence-corrected chi connectivity index (χ3v) is 3.49. The van der Waals surface area contributed by atoms with Crippen molar-refractivity contribution in [3.05, 3.63) is 41.6 Å². The van der Waals surface area contributed by atoms with Crippen molar-refractivity contribution < 1.29 is 18.7 Å². The van der Waals surface area contributed by atoms with E-state index >= 15 is 0 Å². The molecule has 0 aliphatic rings. The van der Waals surface area contributed by atoms with Gasteiger partial charge in [-0.25, -0.2) is 8.78 Å². The van der Waals surface area contributed by atoms with Crippen molar-refractivity contribution in [3.8, 4) is 11.3 Å². The van der Waals surface area contributed by atoms with Crippen LogP contribution >= 0.6 is 0 Å². The lowest BCUT2D eigenvalue weighted by atomic mass is 10.1. The van der Waals surface area contributed by atoms with E-state index in [2.05, 4.69) is 5.10 Å². The maximum Gasteiger partial charge on any atom is 0.257 e. The molecular weight excluding hydrogens is 316 g/mol. The predicted molar refractivity (Wildman–Crippen MR) is 86.4 cm³/mol. The van der Waals surface area contributed by atoms with Crippen LogP contribution in [0.4, 0.5) is 8.78 Å². The Hall–Kier alpha value is -2.28. The number of carbonyl (C=O) groups excluding carboxylic acids is 1. The van der Waals surface area contributed by atoms with Crippen LogP contribution in [0.15, 0.2) is 24.4 Å². The first-order valence-electron chi connectivity index (χ1n) is 7.63. The van der Waals surface area contributed by atoms with Gasteiger partial charge in [0.15, 0.2) is 0 Å². The van der Waals surface area contributed by atoms with Gasteiger partial charge in [0, 0.05) is 38.0 Å². The van der Waals surface area contributed by atoms with Gasteiger partial charge in [0.25, 0.3) is 5.91 Å². The molecule has 0 saturated carbocycles. The second-order valence-corrected chi connectivity index (χ2v) is 6.32. The van der Waals surface area contributed by atoms with Gasteiger partial charge >= 0.3 is 0 Å². The number of aliphatic hydroxyl groups is 1. The maximum absolute atomic E-state index is 14.1. The van der Waals surface area contributed by atoms with Crippen LogP contribution in [0.25, 0.3) is 11.3 Å². The molecule has 2 rings (SSSR count). The Bertz CT molecular complexity index is 751. The summed E-state index contributed by atoms with van der Waals surface area (Å²) in [6, 6.07) is 3.14. The third kappa shape index (κ3) is 3.97. The van der Waals surface area contributed by atoms with Gasteiger partial charge in [-0.2, -0.15) is 5.10 Å². The van der Waals surface area contributed by atoms with Crippen LogP contribution in [-0.2, 0) is 7.05 Å². The lowest BCUT2D eigenvalue weighted by Crippen LogP contribution is -2.42. The summed E-state index contributed by atoms with van der Waals surface area (Å²) in [5, 5.41) is 14.1. The number of carbonyl (C=O) groups is 1. The van der Waals surface area contributed by atoms with Crippen LogP contribution in [-0.4, -0.2) is 44.4 Å². The molecule has 5 nitrogen and oxygen atoms in total. The molecule has 24 heavy (non-hydrogen) atoms. The highest BCUT2D eigenvalue weighted by Crippen LogP contribution is 2.26. The Kier molecular flexibility index (Phi) is 5.03. The van der Waals surface area contributed by atoms with Crippen molar-refractivity contribution in [2.45, 2.75) is 26.4 Å². The highest BCUT2D eigenvalue weighted by Gasteiger charge is 2.27. The minimum absolute atomic E-state index is 0.0552. The lowest BCUT2D eigenvalue weighted by molar-refractivity contribution is 0.0315. The molecule has 0 bridgehead atoms. The van der Waals surface area contributed by atoms with Gasteiger partial charge in [-0.3, -0.25) is 9.48 Å². The zero-order valence-electron chi connectivity index (χ0n) is 14.2. The second kappa shape index (κ2) is 6.68. The van der Waals surface area contributed by atoms with Gasteiger partial charge in [0.2, 0.25) is 0 Å². The molecule has 1 aromatic carbocycles. The fraction of sp³-hybridized carbons (Fsp3) is 0.412. The minimum atomic E-state index is -1.06. The Balaban J connectivity index is 2.46. The number of aromatic nitrogens is 2. The fourth-order valence-corrected chi connectivity index (χ4v) is 2.49. The maximum atomic E-state index is 14.1. The summed E-state index contributed by atoms with van der Waals surface area (Å²) in [6.45, 7) is 5.50. The molecule has 7 heteroatoms. The number of nitrogens with zero attached hydrogens (tertiary/aromatic N) is 3. The van der Waals surface area contributed by atoms with Gasteiger partial charge < -0.3 is 10.0 Å². The molecule has 2 aromatic rings. The molecule has 0 atom stereocenters. The van der Waals surface area contributed by atoms with Gasteiger partial charge in [-0.15, -0.1) is 0 Å². The molecule has 1 heterocycles. The number of halogens is 2. The summed E-state index contributed by atoms with van der Waals surface area (Å²) in [5.74, 6) is -1.85. The van der Waals surface area contributed by atoms with E-state index < -0.39 is 17.2 Å². The van der Waals surface area contributed by atoms with Crippen LogP contribution in [0.1, 0.15) is 31.1 Å². The first-order valence-corrected chi connectivity index (χ1v) is 7.63. The van der Waals surface area contributed by atoms with E-state index in [0.717, 1.165) is 12.1 Å². The average molecular weight is 337 g/mol. The molecule has 0 spiro atoms. The molecule has 0 unspecified atom stereocenters. The highest BCUT2D eigenvalue weighted by atomic mass is 19.1. The second-order valence-electron chi connectivity index (χ2n) is 6.32. The van der Waals surface area contributed by atoms with E-state index in [-0.39, 0.29) is 29.3 Å². The topological polar surface area (TPSA) is 58.4 Å². The molecule has 1 N–H and O–H groups in total. The molecule has 0 aliphatic heterocycles. The van der Waals surface area contributed by atoms with Gasteiger partial charge in [-0.1, -0.05) is 0 Å². The number of hydrogen-bond acceptors (Lipinski definition) is 3. The first kappa shape index (κ1) is 18.1. The van der Waals surface area contributed by atoms with E-state index in [1.54, 1.807) is 27.8 Å². The summed E-state index contributed by atoms with van der Waals surface area (Å²) in [7, 11) is 1.62. The third-order valence-electron chi connectivity index (χ3n) is 3.49. The van der Waals surface area contributed by atoms with Crippen molar-refractivity contribution in [1.82, 2.24) is 14.7 Å². The molecule has 130 valence electrons. The van der Waals surface area contributed by atoms with Crippen molar-refractivity contribution in [2.24, 2.45) is 7.05 Å². The molecule has 0 radical (unpaired) electrons. The number of rotatable bonds is 5. The Labute approximate surface area is 139 Å². The van der Waals surface area contributed by atoms with Crippen LogP contribution in [0, 0.1) is 11.6 Å². The normalized spacial score (nSPS) is 11.6. The quantitative estimate of drug-likeness (QED) is 0.912. The van der Waals surface area contributed by atoms with Gasteiger partial charge in [0.1, 0.15) is 17.3 Å². The number of amides is 1. The van der Waals surface area contributed by atoms with Crippen LogP contribution in [0.5, 0.6) is 0 Å². The number of aryl methyl sites for hydroxylation is 1. The molecule has 1 amide bonds. The van der Waals surface area contributed by atoms with Crippen molar-refractivity contribution in [2.75, 3.05) is 13.1 Å². The van der Waals surface area contributed by atoms with E-state index in [1.807, 2.05) is 0 Å². The van der Waals surface area contributed by atoms with Crippen molar-refractivity contribution >= 4 is 5.91 Å². The Morgan fingerprint density at radius 3 is 2.58 bits per heavy atom. The van der Waals surface area contributed by atoms with Crippen LogP contribution < -0.4 is 0 Å². The van der Waals surface area contributed by atoms with Gasteiger partial charge in [0.05, 0.1) is 11.2 Å². The largest absolute Gasteiger partial charge is 0.389 e. The summed E-state index contributed by atoms with van der Waals surface area (Å²) >= 11 is 0. The number of likely N-dealkylation sites (N-methyl/N-ethyl adjacent to an activating group) is 1. The number of hydrogen-bond donors (Lipinski definition) is 1. The fourth-order valence-electron chi connectivity index (χ4n) is 2.49.